The van der Waals surface area contributed by atoms with Gasteiger partial charge < -0.3 is 14.2 Å². The Kier molecular flexibility index (Phi) is 5.46. The summed E-state index contributed by atoms with van der Waals surface area (Å²) in [6.07, 6.45) is 0. The molecule has 0 amide bonds. The average Bonchev–Trinajstić information content (AvgIpc) is 3.21. The molecule has 1 fully saturated rings. The first-order valence-corrected chi connectivity index (χ1v) is 9.32. The number of benzene rings is 2. The molecule has 1 aliphatic heterocycles. The van der Waals surface area contributed by atoms with Crippen LogP contribution in [0, 0.1) is 0 Å². The summed E-state index contributed by atoms with van der Waals surface area (Å²) in [6.45, 7) is 5.96. The SMILES string of the molecule is CN1CCN(CCOc2ccccc2-c2nc(-c3ccccc3)no2)CC1. The number of piperazine rings is 1. The summed E-state index contributed by atoms with van der Waals surface area (Å²) in [6, 6.07) is 17.6. The summed E-state index contributed by atoms with van der Waals surface area (Å²) in [4.78, 5) is 9.33. The van der Waals surface area contributed by atoms with Gasteiger partial charge in [0.1, 0.15) is 12.4 Å². The van der Waals surface area contributed by atoms with Gasteiger partial charge >= 0.3 is 0 Å². The van der Waals surface area contributed by atoms with Gasteiger partial charge in [0.05, 0.1) is 5.56 Å². The number of para-hydroxylation sites is 1. The van der Waals surface area contributed by atoms with E-state index in [-0.39, 0.29) is 0 Å². The maximum atomic E-state index is 6.05. The molecule has 1 aliphatic rings. The summed E-state index contributed by atoms with van der Waals surface area (Å²) < 4.78 is 11.5. The highest BCUT2D eigenvalue weighted by molar-refractivity contribution is 5.65. The molecule has 140 valence electrons. The van der Waals surface area contributed by atoms with E-state index in [9.17, 15) is 0 Å². The molecule has 27 heavy (non-hydrogen) atoms. The molecule has 0 bridgehead atoms. The molecule has 0 radical (unpaired) electrons. The third-order valence-corrected chi connectivity index (χ3v) is 4.84. The molecule has 3 aromatic rings. The number of nitrogens with zero attached hydrogens (tertiary/aromatic N) is 4. The van der Waals surface area contributed by atoms with Crippen molar-refractivity contribution >= 4 is 0 Å². The Morgan fingerprint density at radius 3 is 2.52 bits per heavy atom. The molecule has 2 aromatic carbocycles. The van der Waals surface area contributed by atoms with E-state index in [1.807, 2.05) is 54.6 Å². The Bertz CT molecular complexity index is 857. The first-order chi connectivity index (χ1) is 13.3. The standard InChI is InChI=1S/C21H24N4O2/c1-24-11-13-25(14-12-24)15-16-26-19-10-6-5-9-18(19)21-22-20(23-27-21)17-7-3-2-4-8-17/h2-10H,11-16H2,1H3. The first kappa shape index (κ1) is 17.7. The van der Waals surface area contributed by atoms with Gasteiger partial charge in [-0.25, -0.2) is 0 Å². The Morgan fingerprint density at radius 1 is 0.963 bits per heavy atom. The van der Waals surface area contributed by atoms with Crippen molar-refractivity contribution in [1.29, 1.82) is 0 Å². The third-order valence-electron chi connectivity index (χ3n) is 4.84. The third kappa shape index (κ3) is 4.35. The molecule has 0 atom stereocenters. The van der Waals surface area contributed by atoms with Crippen LogP contribution in [-0.4, -0.2) is 66.3 Å². The predicted octanol–water partition coefficient (Wildman–Crippen LogP) is 3.03. The van der Waals surface area contributed by atoms with Gasteiger partial charge in [-0.3, -0.25) is 4.90 Å². The molecule has 0 spiro atoms. The van der Waals surface area contributed by atoms with Crippen LogP contribution in [-0.2, 0) is 0 Å². The van der Waals surface area contributed by atoms with Crippen molar-refractivity contribution in [2.24, 2.45) is 0 Å². The summed E-state index contributed by atoms with van der Waals surface area (Å²) in [7, 11) is 2.16. The van der Waals surface area contributed by atoms with Crippen LogP contribution in [0.1, 0.15) is 0 Å². The van der Waals surface area contributed by atoms with E-state index in [1.165, 1.54) is 0 Å². The van der Waals surface area contributed by atoms with Gasteiger partial charge in [0.2, 0.25) is 5.82 Å². The van der Waals surface area contributed by atoms with Crippen molar-refractivity contribution in [1.82, 2.24) is 19.9 Å². The predicted molar refractivity (Wildman–Crippen MR) is 105 cm³/mol. The number of ether oxygens (including phenoxy) is 1. The number of hydrogen-bond acceptors (Lipinski definition) is 6. The molecule has 1 aromatic heterocycles. The fourth-order valence-electron chi connectivity index (χ4n) is 3.16. The first-order valence-electron chi connectivity index (χ1n) is 9.32. The second-order valence-corrected chi connectivity index (χ2v) is 6.78. The lowest BCUT2D eigenvalue weighted by atomic mass is 10.2. The van der Waals surface area contributed by atoms with Crippen LogP contribution in [0.4, 0.5) is 0 Å². The second kappa shape index (κ2) is 8.33. The molecule has 6 nitrogen and oxygen atoms in total. The molecular formula is C21H24N4O2. The topological polar surface area (TPSA) is 54.6 Å². The van der Waals surface area contributed by atoms with Gasteiger partial charge in [-0.2, -0.15) is 4.98 Å². The van der Waals surface area contributed by atoms with Gasteiger partial charge in [0, 0.05) is 38.3 Å². The maximum Gasteiger partial charge on any atom is 0.262 e. The molecule has 4 rings (SSSR count). The summed E-state index contributed by atoms with van der Waals surface area (Å²) in [5, 5.41) is 4.11. The Hall–Kier alpha value is -2.70. The highest BCUT2D eigenvalue weighted by Gasteiger charge is 2.16. The van der Waals surface area contributed by atoms with E-state index >= 15 is 0 Å². The van der Waals surface area contributed by atoms with Gasteiger partial charge in [-0.1, -0.05) is 47.6 Å². The molecule has 0 saturated carbocycles. The lowest BCUT2D eigenvalue weighted by Crippen LogP contribution is -2.45. The van der Waals surface area contributed by atoms with Crippen molar-refractivity contribution in [3.63, 3.8) is 0 Å². The Morgan fingerprint density at radius 2 is 1.70 bits per heavy atom. The largest absolute Gasteiger partial charge is 0.491 e. The fourth-order valence-corrected chi connectivity index (χ4v) is 3.16. The maximum absolute atomic E-state index is 6.05. The van der Waals surface area contributed by atoms with Crippen molar-refractivity contribution in [2.75, 3.05) is 46.4 Å². The van der Waals surface area contributed by atoms with Crippen LogP contribution in [0.15, 0.2) is 59.1 Å². The zero-order valence-electron chi connectivity index (χ0n) is 15.5. The molecule has 0 aliphatic carbocycles. The minimum Gasteiger partial charge on any atom is -0.491 e. The van der Waals surface area contributed by atoms with Crippen molar-refractivity contribution < 1.29 is 9.26 Å². The summed E-state index contributed by atoms with van der Waals surface area (Å²) >= 11 is 0. The van der Waals surface area contributed by atoms with Crippen molar-refractivity contribution in [3.05, 3.63) is 54.6 Å². The number of likely N-dealkylation sites (N-methyl/N-ethyl adjacent to an activating group) is 1. The number of aromatic nitrogens is 2. The molecule has 1 saturated heterocycles. The van der Waals surface area contributed by atoms with Gasteiger partial charge in [-0.15, -0.1) is 0 Å². The lowest BCUT2D eigenvalue weighted by molar-refractivity contribution is 0.134. The van der Waals surface area contributed by atoms with E-state index in [2.05, 4.69) is 27.0 Å². The molecule has 2 heterocycles. The molecular weight excluding hydrogens is 340 g/mol. The highest BCUT2D eigenvalue weighted by Crippen LogP contribution is 2.30. The number of hydrogen-bond donors (Lipinski definition) is 0. The van der Waals surface area contributed by atoms with E-state index < -0.39 is 0 Å². The molecule has 0 unspecified atom stereocenters. The summed E-state index contributed by atoms with van der Waals surface area (Å²) in [5.41, 5.74) is 1.76. The van der Waals surface area contributed by atoms with E-state index in [0.717, 1.165) is 49.6 Å². The minimum absolute atomic E-state index is 0.476. The fraction of sp³-hybridized carbons (Fsp3) is 0.333. The highest BCUT2D eigenvalue weighted by atomic mass is 16.5. The van der Waals surface area contributed by atoms with Crippen LogP contribution in [0.25, 0.3) is 22.8 Å². The zero-order chi connectivity index (χ0) is 18.5. The van der Waals surface area contributed by atoms with Gasteiger partial charge in [0.25, 0.3) is 5.89 Å². The Labute approximate surface area is 159 Å². The Balaban J connectivity index is 1.43. The van der Waals surface area contributed by atoms with E-state index in [1.54, 1.807) is 0 Å². The molecule has 6 heteroatoms. The van der Waals surface area contributed by atoms with Gasteiger partial charge in [-0.05, 0) is 19.2 Å². The van der Waals surface area contributed by atoms with Crippen LogP contribution in [0.3, 0.4) is 0 Å². The van der Waals surface area contributed by atoms with E-state index in [4.69, 9.17) is 9.26 Å². The smallest absolute Gasteiger partial charge is 0.262 e. The van der Waals surface area contributed by atoms with Crippen molar-refractivity contribution in [2.45, 2.75) is 0 Å². The van der Waals surface area contributed by atoms with Crippen LogP contribution in [0.2, 0.25) is 0 Å². The lowest BCUT2D eigenvalue weighted by Gasteiger charge is -2.32. The van der Waals surface area contributed by atoms with E-state index in [0.29, 0.717) is 18.3 Å². The normalized spacial score (nSPS) is 15.7. The quantitative estimate of drug-likeness (QED) is 0.670. The van der Waals surface area contributed by atoms with Gasteiger partial charge in [0.15, 0.2) is 0 Å². The van der Waals surface area contributed by atoms with Crippen LogP contribution < -0.4 is 4.74 Å². The van der Waals surface area contributed by atoms with Crippen LogP contribution in [0.5, 0.6) is 5.75 Å². The number of rotatable bonds is 6. The van der Waals surface area contributed by atoms with Crippen molar-refractivity contribution in [3.8, 4) is 28.6 Å². The minimum atomic E-state index is 0.476. The summed E-state index contributed by atoms with van der Waals surface area (Å²) in [5.74, 6) is 1.83. The molecule has 0 N–H and O–H groups in total. The van der Waals surface area contributed by atoms with Crippen LogP contribution >= 0.6 is 0 Å². The average molecular weight is 364 g/mol. The monoisotopic (exact) mass is 364 g/mol. The second-order valence-electron chi connectivity index (χ2n) is 6.78. The zero-order valence-corrected chi connectivity index (χ0v) is 15.5.